The molecule has 2 atom stereocenters. The summed E-state index contributed by atoms with van der Waals surface area (Å²) in [6, 6.07) is 0.00106. The zero-order valence-corrected chi connectivity index (χ0v) is 8.45. The van der Waals surface area contributed by atoms with Crippen LogP contribution in [0.1, 0.15) is 13.8 Å². The maximum absolute atomic E-state index is 6.01. The molecule has 0 saturated carbocycles. The summed E-state index contributed by atoms with van der Waals surface area (Å²) in [5, 5.41) is 3.25. The van der Waals surface area contributed by atoms with Crippen LogP contribution in [0, 0.1) is 0 Å². The first-order chi connectivity index (χ1) is 6.29. The Bertz CT molecular complexity index is 126. The number of hydrogen-bond acceptors (Lipinski definition) is 4. The lowest BCUT2D eigenvalue weighted by molar-refractivity contribution is -0.0451. The number of hydrogen-bond donors (Lipinski definition) is 2. The number of nitrogens with two attached hydrogens (primary N) is 1. The van der Waals surface area contributed by atoms with Crippen molar-refractivity contribution >= 4 is 0 Å². The van der Waals surface area contributed by atoms with Crippen LogP contribution in [0.25, 0.3) is 0 Å². The van der Waals surface area contributed by atoms with Gasteiger partial charge in [-0.05, 0) is 13.8 Å². The second-order valence-electron chi connectivity index (χ2n) is 3.22. The third-order valence-corrected chi connectivity index (χ3v) is 2.31. The number of rotatable bonds is 4. The molecule has 0 amide bonds. The zero-order chi connectivity index (χ0) is 9.68. The third-order valence-electron chi connectivity index (χ3n) is 2.31. The minimum absolute atomic E-state index is 0.00106. The lowest BCUT2D eigenvalue weighted by atomic mass is 10.0. The van der Waals surface area contributed by atoms with E-state index in [-0.39, 0.29) is 18.2 Å². The molecule has 1 rings (SSSR count). The summed E-state index contributed by atoms with van der Waals surface area (Å²) in [6.45, 7) is 7.04. The van der Waals surface area contributed by atoms with Gasteiger partial charge in [0.15, 0.2) is 0 Å². The SMILES string of the molecule is CCOC1CNCC(OCC)C1N. The average Bonchev–Trinajstić information content (AvgIpc) is 2.13. The van der Waals surface area contributed by atoms with Crippen molar-refractivity contribution in [3.63, 3.8) is 0 Å². The van der Waals surface area contributed by atoms with E-state index in [9.17, 15) is 0 Å². The fourth-order valence-corrected chi connectivity index (χ4v) is 1.65. The molecular weight excluding hydrogens is 168 g/mol. The van der Waals surface area contributed by atoms with E-state index in [1.807, 2.05) is 13.8 Å². The maximum atomic E-state index is 6.01. The lowest BCUT2D eigenvalue weighted by Gasteiger charge is -2.35. The highest BCUT2D eigenvalue weighted by atomic mass is 16.5. The van der Waals surface area contributed by atoms with Gasteiger partial charge < -0.3 is 20.5 Å². The quantitative estimate of drug-likeness (QED) is 0.637. The molecule has 1 fully saturated rings. The van der Waals surface area contributed by atoms with Crippen LogP contribution in [-0.2, 0) is 9.47 Å². The molecule has 1 saturated heterocycles. The third kappa shape index (κ3) is 2.91. The molecule has 4 nitrogen and oxygen atoms in total. The molecular formula is C9H20N2O2. The molecule has 3 N–H and O–H groups in total. The van der Waals surface area contributed by atoms with Crippen LogP contribution in [0.3, 0.4) is 0 Å². The summed E-state index contributed by atoms with van der Waals surface area (Å²) >= 11 is 0. The summed E-state index contributed by atoms with van der Waals surface area (Å²) in [5.41, 5.74) is 6.01. The highest BCUT2D eigenvalue weighted by Crippen LogP contribution is 2.09. The Morgan fingerprint density at radius 2 is 1.62 bits per heavy atom. The minimum Gasteiger partial charge on any atom is -0.375 e. The summed E-state index contributed by atoms with van der Waals surface area (Å²) in [5.74, 6) is 0. The molecule has 0 aromatic carbocycles. The first-order valence-electron chi connectivity index (χ1n) is 4.99. The van der Waals surface area contributed by atoms with Crippen LogP contribution < -0.4 is 11.1 Å². The summed E-state index contributed by atoms with van der Waals surface area (Å²) in [4.78, 5) is 0. The van der Waals surface area contributed by atoms with Gasteiger partial charge in [0.25, 0.3) is 0 Å². The van der Waals surface area contributed by atoms with E-state index in [2.05, 4.69) is 5.32 Å². The van der Waals surface area contributed by atoms with Crippen molar-refractivity contribution in [3.05, 3.63) is 0 Å². The van der Waals surface area contributed by atoms with Crippen LogP contribution in [0.2, 0.25) is 0 Å². The molecule has 0 spiro atoms. The molecule has 2 unspecified atom stereocenters. The van der Waals surface area contributed by atoms with Crippen molar-refractivity contribution < 1.29 is 9.47 Å². The van der Waals surface area contributed by atoms with Crippen LogP contribution in [-0.4, -0.2) is 44.6 Å². The Hall–Kier alpha value is -0.160. The highest BCUT2D eigenvalue weighted by molar-refractivity contribution is 4.89. The largest absolute Gasteiger partial charge is 0.375 e. The molecule has 1 heterocycles. The van der Waals surface area contributed by atoms with Crippen molar-refractivity contribution in [2.45, 2.75) is 32.1 Å². The van der Waals surface area contributed by atoms with E-state index in [4.69, 9.17) is 15.2 Å². The maximum Gasteiger partial charge on any atom is 0.0875 e. The lowest BCUT2D eigenvalue weighted by Crippen LogP contribution is -2.59. The monoisotopic (exact) mass is 188 g/mol. The molecule has 1 aliphatic heterocycles. The Kier molecular flexibility index (Phi) is 4.66. The van der Waals surface area contributed by atoms with E-state index in [1.165, 1.54) is 0 Å². The molecule has 0 aliphatic carbocycles. The molecule has 0 bridgehead atoms. The molecule has 1 aliphatic rings. The van der Waals surface area contributed by atoms with Gasteiger partial charge in [-0.15, -0.1) is 0 Å². The predicted molar refractivity (Wildman–Crippen MR) is 51.7 cm³/mol. The van der Waals surface area contributed by atoms with Gasteiger partial charge in [0, 0.05) is 26.3 Å². The van der Waals surface area contributed by atoms with Crippen molar-refractivity contribution in [2.75, 3.05) is 26.3 Å². The zero-order valence-electron chi connectivity index (χ0n) is 8.45. The van der Waals surface area contributed by atoms with E-state index in [1.54, 1.807) is 0 Å². The molecule has 13 heavy (non-hydrogen) atoms. The predicted octanol–water partition coefficient (Wildman–Crippen LogP) is -0.273. The van der Waals surface area contributed by atoms with Crippen LogP contribution in [0.5, 0.6) is 0 Å². The second-order valence-corrected chi connectivity index (χ2v) is 3.22. The fourth-order valence-electron chi connectivity index (χ4n) is 1.65. The summed E-state index contributed by atoms with van der Waals surface area (Å²) in [6.07, 6.45) is 0.186. The minimum atomic E-state index is 0.00106. The van der Waals surface area contributed by atoms with Gasteiger partial charge in [-0.2, -0.15) is 0 Å². The van der Waals surface area contributed by atoms with Gasteiger partial charge in [-0.3, -0.25) is 0 Å². The first kappa shape index (κ1) is 10.9. The topological polar surface area (TPSA) is 56.5 Å². The summed E-state index contributed by atoms with van der Waals surface area (Å²) in [7, 11) is 0. The van der Waals surface area contributed by atoms with Gasteiger partial charge in [0.05, 0.1) is 18.2 Å². The van der Waals surface area contributed by atoms with Gasteiger partial charge in [-0.1, -0.05) is 0 Å². The van der Waals surface area contributed by atoms with Crippen molar-refractivity contribution in [1.82, 2.24) is 5.32 Å². The molecule has 0 aromatic rings. The fraction of sp³-hybridized carbons (Fsp3) is 1.00. The van der Waals surface area contributed by atoms with Gasteiger partial charge >= 0.3 is 0 Å². The van der Waals surface area contributed by atoms with Crippen molar-refractivity contribution in [2.24, 2.45) is 5.73 Å². The first-order valence-corrected chi connectivity index (χ1v) is 4.99. The smallest absolute Gasteiger partial charge is 0.0875 e. The van der Waals surface area contributed by atoms with Gasteiger partial charge in [0.1, 0.15) is 0 Å². The Labute approximate surface area is 79.8 Å². The number of nitrogens with one attached hydrogen (secondary N) is 1. The average molecular weight is 188 g/mol. The molecule has 0 radical (unpaired) electrons. The van der Waals surface area contributed by atoms with E-state index < -0.39 is 0 Å². The van der Waals surface area contributed by atoms with E-state index in [0.717, 1.165) is 13.1 Å². The number of ether oxygens (including phenoxy) is 2. The van der Waals surface area contributed by atoms with Crippen molar-refractivity contribution in [1.29, 1.82) is 0 Å². The van der Waals surface area contributed by atoms with Crippen LogP contribution in [0.15, 0.2) is 0 Å². The van der Waals surface area contributed by atoms with Crippen molar-refractivity contribution in [3.8, 4) is 0 Å². The molecule has 78 valence electrons. The molecule has 0 aromatic heterocycles. The van der Waals surface area contributed by atoms with Gasteiger partial charge in [-0.25, -0.2) is 0 Å². The van der Waals surface area contributed by atoms with E-state index in [0.29, 0.717) is 13.2 Å². The van der Waals surface area contributed by atoms with Gasteiger partial charge in [0.2, 0.25) is 0 Å². The second kappa shape index (κ2) is 5.54. The van der Waals surface area contributed by atoms with Crippen LogP contribution in [0.4, 0.5) is 0 Å². The van der Waals surface area contributed by atoms with E-state index >= 15 is 0 Å². The Morgan fingerprint density at radius 3 is 2.00 bits per heavy atom. The van der Waals surface area contributed by atoms with Crippen LogP contribution >= 0.6 is 0 Å². The highest BCUT2D eigenvalue weighted by Gasteiger charge is 2.30. The standard InChI is InChI=1S/C9H20N2O2/c1-3-12-7-5-11-6-8(9(7)10)13-4-2/h7-9,11H,3-6,10H2,1-2H3. The molecule has 4 heteroatoms. The Morgan fingerprint density at radius 1 is 1.15 bits per heavy atom. The normalized spacial score (nSPS) is 34.8. The summed E-state index contributed by atoms with van der Waals surface area (Å²) < 4.78 is 11.0. The number of piperidine rings is 1. The Balaban J connectivity index is 2.40.